The maximum Gasteiger partial charge on any atom is 0.241 e. The molecule has 0 aliphatic carbocycles. The molecule has 2 N–H and O–H groups in total. The van der Waals surface area contributed by atoms with Gasteiger partial charge in [-0.3, -0.25) is 4.79 Å². The van der Waals surface area contributed by atoms with Gasteiger partial charge in [-0.15, -0.1) is 22.1 Å². The minimum atomic E-state index is -0.105. The van der Waals surface area contributed by atoms with Crippen LogP contribution in [0.1, 0.15) is 12.8 Å². The number of nitrogens with zero attached hydrogens (tertiary/aromatic N) is 2. The lowest BCUT2D eigenvalue weighted by Gasteiger charge is -2.13. The summed E-state index contributed by atoms with van der Waals surface area (Å²) in [6.45, 7) is 0.900. The van der Waals surface area contributed by atoms with Crippen molar-refractivity contribution in [3.63, 3.8) is 0 Å². The third kappa shape index (κ3) is 4.40. The molecular weight excluding hydrogens is 404 g/mol. The third-order valence-corrected chi connectivity index (χ3v) is 4.57. The summed E-state index contributed by atoms with van der Waals surface area (Å²) in [5.74, 6) is 0.0197. The van der Waals surface area contributed by atoms with E-state index in [1.54, 1.807) is 0 Å². The number of amides is 1. The van der Waals surface area contributed by atoms with Gasteiger partial charge in [0.05, 0.1) is 17.4 Å². The molecule has 1 saturated heterocycles. The Balaban J connectivity index is 0.00000210. The molecular formula is C21H21BrN4O. The largest absolute Gasteiger partial charge is 0.324 e. The molecule has 1 aliphatic heterocycles. The van der Waals surface area contributed by atoms with Gasteiger partial charge in [0.15, 0.2) is 0 Å². The Bertz CT molecular complexity index is 953. The summed E-state index contributed by atoms with van der Waals surface area (Å²) in [5.41, 5.74) is 2.39. The monoisotopic (exact) mass is 424 g/mol. The molecule has 0 spiro atoms. The van der Waals surface area contributed by atoms with Gasteiger partial charge in [-0.2, -0.15) is 5.11 Å². The molecule has 27 heavy (non-hydrogen) atoms. The van der Waals surface area contributed by atoms with Crippen LogP contribution in [-0.4, -0.2) is 18.5 Å². The second-order valence-corrected chi connectivity index (χ2v) is 6.35. The molecule has 138 valence electrons. The molecule has 5 nitrogen and oxygen atoms in total. The van der Waals surface area contributed by atoms with E-state index in [0.717, 1.165) is 47.2 Å². The summed E-state index contributed by atoms with van der Waals surface area (Å²) in [6.07, 6.45) is 1.92. The first kappa shape index (κ1) is 19.2. The minimum Gasteiger partial charge on any atom is -0.324 e. The van der Waals surface area contributed by atoms with Crippen molar-refractivity contribution in [1.82, 2.24) is 5.32 Å². The third-order valence-electron chi connectivity index (χ3n) is 4.57. The molecule has 1 heterocycles. The summed E-state index contributed by atoms with van der Waals surface area (Å²) < 4.78 is 0. The number of nitrogens with one attached hydrogen (secondary N) is 2. The zero-order valence-electron chi connectivity index (χ0n) is 14.8. The van der Waals surface area contributed by atoms with Crippen molar-refractivity contribution in [2.24, 2.45) is 10.2 Å². The molecule has 0 unspecified atom stereocenters. The molecule has 6 heteroatoms. The minimum absolute atomic E-state index is 0. The van der Waals surface area contributed by atoms with Gasteiger partial charge in [-0.05, 0) is 43.7 Å². The van der Waals surface area contributed by atoms with Crippen LogP contribution in [-0.2, 0) is 4.79 Å². The number of carbonyl (C=O) groups is 1. The molecule has 0 aromatic heterocycles. The van der Waals surface area contributed by atoms with E-state index >= 15 is 0 Å². The van der Waals surface area contributed by atoms with Crippen molar-refractivity contribution < 1.29 is 4.79 Å². The number of fused-ring (bicyclic) bond motifs is 1. The number of azo groups is 1. The average molecular weight is 425 g/mol. The van der Waals surface area contributed by atoms with E-state index in [2.05, 4.69) is 20.9 Å². The van der Waals surface area contributed by atoms with Gasteiger partial charge in [-0.1, -0.05) is 42.5 Å². The first-order chi connectivity index (χ1) is 12.8. The Morgan fingerprint density at radius 3 is 2.41 bits per heavy atom. The van der Waals surface area contributed by atoms with Gasteiger partial charge in [0, 0.05) is 16.5 Å². The molecule has 3 aromatic rings. The molecule has 1 amide bonds. The first-order valence-electron chi connectivity index (χ1n) is 8.84. The van der Waals surface area contributed by atoms with Crippen LogP contribution >= 0.6 is 17.0 Å². The maximum absolute atomic E-state index is 12.4. The van der Waals surface area contributed by atoms with E-state index in [4.69, 9.17) is 0 Å². The van der Waals surface area contributed by atoms with Crippen molar-refractivity contribution in [1.29, 1.82) is 0 Å². The van der Waals surface area contributed by atoms with Gasteiger partial charge in [0.2, 0.25) is 5.91 Å². The molecule has 4 rings (SSSR count). The van der Waals surface area contributed by atoms with E-state index in [1.807, 2.05) is 66.7 Å². The van der Waals surface area contributed by atoms with Gasteiger partial charge in [0.1, 0.15) is 0 Å². The summed E-state index contributed by atoms with van der Waals surface area (Å²) >= 11 is 0. The highest BCUT2D eigenvalue weighted by Gasteiger charge is 2.22. The second-order valence-electron chi connectivity index (χ2n) is 6.35. The SMILES string of the molecule is Br.O=C(Nc1ccc(N=Nc2ccccc2)c2ccccc12)[C@@H]1CCCN1. The quantitative estimate of drug-likeness (QED) is 0.541. The van der Waals surface area contributed by atoms with Crippen molar-refractivity contribution in [3.05, 3.63) is 66.7 Å². The van der Waals surface area contributed by atoms with Crippen molar-refractivity contribution in [3.8, 4) is 0 Å². The number of benzene rings is 3. The molecule has 1 atom stereocenters. The van der Waals surface area contributed by atoms with Crippen LogP contribution in [0.3, 0.4) is 0 Å². The number of carbonyl (C=O) groups excluding carboxylic acids is 1. The van der Waals surface area contributed by atoms with Crippen molar-refractivity contribution in [2.75, 3.05) is 11.9 Å². The molecule has 0 radical (unpaired) electrons. The van der Waals surface area contributed by atoms with Gasteiger partial charge in [-0.25, -0.2) is 0 Å². The van der Waals surface area contributed by atoms with Gasteiger partial charge < -0.3 is 10.6 Å². The maximum atomic E-state index is 12.4. The Morgan fingerprint density at radius 1 is 0.926 bits per heavy atom. The molecule has 0 saturated carbocycles. The topological polar surface area (TPSA) is 65.8 Å². The van der Waals surface area contributed by atoms with Crippen molar-refractivity contribution >= 4 is 50.7 Å². The van der Waals surface area contributed by atoms with E-state index in [1.165, 1.54) is 0 Å². The Morgan fingerprint density at radius 2 is 1.67 bits per heavy atom. The average Bonchev–Trinajstić information content (AvgIpc) is 3.23. The Kier molecular flexibility index (Phi) is 6.32. The van der Waals surface area contributed by atoms with Crippen LogP contribution in [0.15, 0.2) is 77.0 Å². The van der Waals surface area contributed by atoms with Gasteiger partial charge >= 0.3 is 0 Å². The normalized spacial score (nSPS) is 16.4. The molecule has 0 bridgehead atoms. The predicted molar refractivity (Wildman–Crippen MR) is 115 cm³/mol. The lowest BCUT2D eigenvalue weighted by molar-refractivity contribution is -0.117. The van der Waals surface area contributed by atoms with Crippen LogP contribution < -0.4 is 10.6 Å². The number of halogens is 1. The number of rotatable bonds is 4. The standard InChI is InChI=1S/C21H20N4O.BrH/c26-21(20-11-6-14-22-20)23-18-12-13-19(17-10-5-4-9-16(17)18)25-24-15-7-2-1-3-8-15;/h1-5,7-10,12-13,20,22H,6,11,14H2,(H,23,26);1H/t20-;/m0./s1. The first-order valence-corrected chi connectivity index (χ1v) is 8.84. The van der Waals surface area contributed by atoms with Crippen LogP contribution in [0.2, 0.25) is 0 Å². The highest BCUT2D eigenvalue weighted by molar-refractivity contribution is 8.93. The second kappa shape index (κ2) is 8.88. The lowest BCUT2D eigenvalue weighted by Crippen LogP contribution is -2.35. The Labute approximate surface area is 168 Å². The predicted octanol–water partition coefficient (Wildman–Crippen LogP) is 5.52. The van der Waals surface area contributed by atoms with Crippen LogP contribution in [0, 0.1) is 0 Å². The fourth-order valence-corrected chi connectivity index (χ4v) is 3.21. The molecule has 1 fully saturated rings. The fourth-order valence-electron chi connectivity index (χ4n) is 3.21. The van der Waals surface area contributed by atoms with Crippen LogP contribution in [0.25, 0.3) is 10.8 Å². The Hall–Kier alpha value is -2.57. The lowest BCUT2D eigenvalue weighted by atomic mass is 10.1. The summed E-state index contributed by atoms with van der Waals surface area (Å²) in [7, 11) is 0. The highest BCUT2D eigenvalue weighted by atomic mass is 79.9. The summed E-state index contributed by atoms with van der Waals surface area (Å²) in [6, 6.07) is 21.2. The zero-order chi connectivity index (χ0) is 17.8. The van der Waals surface area contributed by atoms with Crippen LogP contribution in [0.5, 0.6) is 0 Å². The number of anilines is 1. The zero-order valence-corrected chi connectivity index (χ0v) is 16.5. The fraction of sp³-hybridized carbons (Fsp3) is 0.190. The van der Waals surface area contributed by atoms with E-state index < -0.39 is 0 Å². The van der Waals surface area contributed by atoms with E-state index in [-0.39, 0.29) is 28.9 Å². The smallest absolute Gasteiger partial charge is 0.241 e. The summed E-state index contributed by atoms with van der Waals surface area (Å²) in [5, 5.41) is 16.9. The highest BCUT2D eigenvalue weighted by Crippen LogP contribution is 2.33. The van der Waals surface area contributed by atoms with Crippen molar-refractivity contribution in [2.45, 2.75) is 18.9 Å². The summed E-state index contributed by atoms with van der Waals surface area (Å²) in [4.78, 5) is 12.4. The molecule has 3 aromatic carbocycles. The number of hydrogen-bond donors (Lipinski definition) is 2. The van der Waals surface area contributed by atoms with Gasteiger partial charge in [0.25, 0.3) is 0 Å². The van der Waals surface area contributed by atoms with E-state index in [9.17, 15) is 4.79 Å². The van der Waals surface area contributed by atoms with Crippen LogP contribution in [0.4, 0.5) is 17.1 Å². The number of hydrogen-bond acceptors (Lipinski definition) is 4. The van der Waals surface area contributed by atoms with E-state index in [0.29, 0.717) is 0 Å². The molecule has 1 aliphatic rings.